The van der Waals surface area contributed by atoms with Crippen molar-refractivity contribution >= 4 is 17.3 Å². The van der Waals surface area contributed by atoms with Crippen molar-refractivity contribution in [3.63, 3.8) is 0 Å². The maximum atomic E-state index is 10.9. The second-order valence-corrected chi connectivity index (χ2v) is 4.50. The average molecular weight is 282 g/mol. The molecule has 0 aliphatic carbocycles. The Bertz CT molecular complexity index is 598. The molecular weight excluding hydrogens is 270 g/mol. The molecule has 0 fully saturated rings. The number of aromatic nitrogens is 1. The molecule has 0 aliphatic heterocycles. The summed E-state index contributed by atoms with van der Waals surface area (Å²) in [4.78, 5) is 10.5. The second kappa shape index (κ2) is 5.81. The molecule has 7 heteroatoms. The van der Waals surface area contributed by atoms with Gasteiger partial charge in [0.2, 0.25) is 0 Å². The molecule has 0 spiro atoms. The highest BCUT2D eigenvalue weighted by Crippen LogP contribution is 2.23. The van der Waals surface area contributed by atoms with Crippen LogP contribution in [0.2, 0.25) is 5.02 Å². The van der Waals surface area contributed by atoms with E-state index >= 15 is 0 Å². The van der Waals surface area contributed by atoms with Gasteiger partial charge in [-0.15, -0.1) is 0 Å². The van der Waals surface area contributed by atoms with E-state index in [-0.39, 0.29) is 5.69 Å². The summed E-state index contributed by atoms with van der Waals surface area (Å²) in [5.41, 5.74) is 1.38. The molecule has 2 rings (SSSR count). The van der Waals surface area contributed by atoms with Crippen LogP contribution in [0.3, 0.4) is 0 Å². The summed E-state index contributed by atoms with van der Waals surface area (Å²) in [6, 6.07) is 6.42. The topological polar surface area (TPSA) is 81.2 Å². The third-order valence-electron chi connectivity index (χ3n) is 2.54. The zero-order chi connectivity index (χ0) is 13.8. The number of hydrogen-bond acceptors (Lipinski definition) is 5. The van der Waals surface area contributed by atoms with Crippen molar-refractivity contribution in [1.82, 2.24) is 10.5 Å². The van der Waals surface area contributed by atoms with Crippen LogP contribution in [0.5, 0.6) is 0 Å². The Balaban J connectivity index is 2.01. The summed E-state index contributed by atoms with van der Waals surface area (Å²) in [5.74, 6) is 0.689. The van der Waals surface area contributed by atoms with E-state index < -0.39 is 4.92 Å². The van der Waals surface area contributed by atoms with Crippen LogP contribution in [0.4, 0.5) is 5.69 Å². The van der Waals surface area contributed by atoms with Crippen molar-refractivity contribution in [3.8, 4) is 0 Å². The van der Waals surface area contributed by atoms with E-state index in [0.717, 1.165) is 5.69 Å². The smallest absolute Gasteiger partial charge is 0.275 e. The standard InChI is InChI=1S/C12H12ClN3O3/c1-8-4-11(19-15-8)7-14-6-9-2-3-10(13)5-12(9)16(17)18/h2-5,14H,6-7H2,1H3. The SMILES string of the molecule is Cc1cc(CNCc2ccc(Cl)cc2[N+](=O)[O-])on1. The van der Waals surface area contributed by atoms with Crippen molar-refractivity contribution in [2.24, 2.45) is 0 Å². The zero-order valence-corrected chi connectivity index (χ0v) is 11.0. The fourth-order valence-corrected chi connectivity index (χ4v) is 1.84. The lowest BCUT2D eigenvalue weighted by Crippen LogP contribution is -2.13. The minimum absolute atomic E-state index is 0.00810. The normalized spacial score (nSPS) is 10.6. The summed E-state index contributed by atoms with van der Waals surface area (Å²) in [6.45, 7) is 2.64. The number of nitrogens with one attached hydrogen (secondary N) is 1. The lowest BCUT2D eigenvalue weighted by Gasteiger charge is -2.04. The molecule has 100 valence electrons. The Morgan fingerprint density at radius 2 is 2.21 bits per heavy atom. The predicted octanol–water partition coefficient (Wildman–Crippen LogP) is 2.83. The first kappa shape index (κ1) is 13.5. The summed E-state index contributed by atoms with van der Waals surface area (Å²) >= 11 is 5.75. The van der Waals surface area contributed by atoms with E-state index in [1.165, 1.54) is 6.07 Å². The van der Waals surface area contributed by atoms with Gasteiger partial charge in [-0.3, -0.25) is 10.1 Å². The lowest BCUT2D eigenvalue weighted by molar-refractivity contribution is -0.385. The monoisotopic (exact) mass is 281 g/mol. The Labute approximate surface area is 114 Å². The van der Waals surface area contributed by atoms with Crippen LogP contribution >= 0.6 is 11.6 Å². The van der Waals surface area contributed by atoms with Gasteiger partial charge in [0.15, 0.2) is 5.76 Å². The summed E-state index contributed by atoms with van der Waals surface area (Å²) in [6.07, 6.45) is 0. The number of nitro benzene ring substituents is 1. The largest absolute Gasteiger partial charge is 0.360 e. The number of nitro groups is 1. The first-order valence-corrected chi connectivity index (χ1v) is 6.00. The maximum Gasteiger partial charge on any atom is 0.275 e. The third-order valence-corrected chi connectivity index (χ3v) is 2.77. The Hall–Kier alpha value is -1.92. The van der Waals surface area contributed by atoms with Crippen LogP contribution in [0.25, 0.3) is 0 Å². The summed E-state index contributed by atoms with van der Waals surface area (Å²) in [5, 5.41) is 18.1. The van der Waals surface area contributed by atoms with Gasteiger partial charge in [-0.2, -0.15) is 0 Å². The highest BCUT2D eigenvalue weighted by Gasteiger charge is 2.13. The quantitative estimate of drug-likeness (QED) is 0.673. The molecule has 0 radical (unpaired) electrons. The summed E-state index contributed by atoms with van der Waals surface area (Å²) in [7, 11) is 0. The molecular formula is C12H12ClN3O3. The number of halogens is 1. The molecule has 1 aromatic heterocycles. The molecule has 0 aliphatic rings. The Morgan fingerprint density at radius 3 is 2.84 bits per heavy atom. The minimum Gasteiger partial charge on any atom is -0.360 e. The average Bonchev–Trinajstić information content (AvgIpc) is 2.77. The molecule has 6 nitrogen and oxygen atoms in total. The zero-order valence-electron chi connectivity index (χ0n) is 10.2. The van der Waals surface area contributed by atoms with Crippen LogP contribution in [0, 0.1) is 17.0 Å². The van der Waals surface area contributed by atoms with Gasteiger partial charge in [0.25, 0.3) is 5.69 Å². The first-order valence-electron chi connectivity index (χ1n) is 5.62. The van der Waals surface area contributed by atoms with Gasteiger partial charge in [-0.1, -0.05) is 16.8 Å². The third kappa shape index (κ3) is 3.52. The van der Waals surface area contributed by atoms with Gasteiger partial charge >= 0.3 is 0 Å². The van der Waals surface area contributed by atoms with Crippen molar-refractivity contribution in [3.05, 3.63) is 56.4 Å². The molecule has 1 aromatic carbocycles. The predicted molar refractivity (Wildman–Crippen MR) is 69.9 cm³/mol. The number of rotatable bonds is 5. The summed E-state index contributed by atoms with van der Waals surface area (Å²) < 4.78 is 5.03. The lowest BCUT2D eigenvalue weighted by atomic mass is 10.2. The number of hydrogen-bond donors (Lipinski definition) is 1. The van der Waals surface area contributed by atoms with Crippen LogP contribution in [0.15, 0.2) is 28.8 Å². The van der Waals surface area contributed by atoms with E-state index in [9.17, 15) is 10.1 Å². The second-order valence-electron chi connectivity index (χ2n) is 4.07. The minimum atomic E-state index is -0.443. The molecule has 19 heavy (non-hydrogen) atoms. The Kier molecular flexibility index (Phi) is 4.13. The van der Waals surface area contributed by atoms with Gasteiger partial charge < -0.3 is 9.84 Å². The van der Waals surface area contributed by atoms with Crippen LogP contribution in [-0.2, 0) is 13.1 Å². The van der Waals surface area contributed by atoms with E-state index in [0.29, 0.717) is 29.4 Å². The van der Waals surface area contributed by atoms with Crippen molar-refractivity contribution in [1.29, 1.82) is 0 Å². The van der Waals surface area contributed by atoms with Gasteiger partial charge in [-0.25, -0.2) is 0 Å². The van der Waals surface area contributed by atoms with E-state index in [1.54, 1.807) is 12.1 Å². The molecule has 0 saturated carbocycles. The van der Waals surface area contributed by atoms with Gasteiger partial charge in [-0.05, 0) is 19.1 Å². The number of nitrogens with zero attached hydrogens (tertiary/aromatic N) is 2. The molecule has 0 bridgehead atoms. The van der Waals surface area contributed by atoms with Gasteiger partial charge in [0.1, 0.15) is 0 Å². The van der Waals surface area contributed by atoms with Crippen LogP contribution in [-0.4, -0.2) is 10.1 Å². The first-order chi connectivity index (χ1) is 9.06. The molecule has 0 amide bonds. The van der Waals surface area contributed by atoms with E-state index in [4.69, 9.17) is 16.1 Å². The van der Waals surface area contributed by atoms with Crippen LogP contribution < -0.4 is 5.32 Å². The molecule has 2 aromatic rings. The fraction of sp³-hybridized carbons (Fsp3) is 0.250. The molecule has 1 heterocycles. The number of benzene rings is 1. The molecule has 0 unspecified atom stereocenters. The Morgan fingerprint density at radius 1 is 1.42 bits per heavy atom. The van der Waals surface area contributed by atoms with E-state index in [1.807, 2.05) is 13.0 Å². The molecule has 0 atom stereocenters. The van der Waals surface area contributed by atoms with Gasteiger partial charge in [0, 0.05) is 29.3 Å². The number of aryl methyl sites for hydroxylation is 1. The molecule has 0 saturated heterocycles. The van der Waals surface area contributed by atoms with Crippen molar-refractivity contribution in [2.75, 3.05) is 0 Å². The highest BCUT2D eigenvalue weighted by atomic mass is 35.5. The van der Waals surface area contributed by atoms with Crippen LogP contribution in [0.1, 0.15) is 17.0 Å². The van der Waals surface area contributed by atoms with Crippen molar-refractivity contribution < 1.29 is 9.45 Å². The van der Waals surface area contributed by atoms with Crippen molar-refractivity contribution in [2.45, 2.75) is 20.0 Å². The maximum absolute atomic E-state index is 10.9. The van der Waals surface area contributed by atoms with Gasteiger partial charge in [0.05, 0.1) is 17.2 Å². The highest BCUT2D eigenvalue weighted by molar-refractivity contribution is 6.30. The van der Waals surface area contributed by atoms with E-state index in [2.05, 4.69) is 10.5 Å². The fourth-order valence-electron chi connectivity index (χ4n) is 1.68. The molecule has 1 N–H and O–H groups in total.